The molecule has 0 bridgehead atoms. The Labute approximate surface area is 175 Å². The van der Waals surface area contributed by atoms with Crippen LogP contribution in [0.3, 0.4) is 0 Å². The standard InChI is InChI=1S/C5H5.C3H6F3Ge.3C3H8O.Zr/c1-2-4-5-3-1;1-7(2)3(4,5)6;3*1-2-3-4;/h1-3H,4H2;1-2H3;3*4H,2-3H2,1H3;/q-1;;;;;. The van der Waals surface area contributed by atoms with Gasteiger partial charge in [0, 0.05) is 46.0 Å². The van der Waals surface area contributed by atoms with Crippen LogP contribution in [0, 0.1) is 6.08 Å². The van der Waals surface area contributed by atoms with Crippen LogP contribution in [0.1, 0.15) is 46.5 Å². The van der Waals surface area contributed by atoms with Crippen molar-refractivity contribution >= 4 is 14.3 Å². The minimum absolute atomic E-state index is 0. The first-order chi connectivity index (χ1) is 11.2. The third kappa shape index (κ3) is 59.0. The van der Waals surface area contributed by atoms with Gasteiger partial charge in [0.2, 0.25) is 0 Å². The molecule has 0 amide bonds. The number of aliphatic hydroxyl groups is 3. The molecule has 25 heavy (non-hydrogen) atoms. The molecule has 0 aromatic carbocycles. The number of allylic oxidation sites excluding steroid dienone is 4. The van der Waals surface area contributed by atoms with Crippen molar-refractivity contribution in [3.8, 4) is 0 Å². The molecule has 0 unspecified atom stereocenters. The SMILES string of the molecule is CCCO.CCCO.CCCO.[C-]1=CC=CC1.[CH3][Ge]([CH3])[C](F)(F)F.[Zr]. The fourth-order valence-electron chi connectivity index (χ4n) is 0.340. The van der Waals surface area contributed by atoms with Gasteiger partial charge in [0.05, 0.1) is 0 Å². The zero-order valence-corrected chi connectivity index (χ0v) is 20.7. The molecule has 0 aliphatic heterocycles. The second-order valence-corrected chi connectivity index (χ2v) is 10.1. The van der Waals surface area contributed by atoms with Gasteiger partial charge in [0.15, 0.2) is 0 Å². The van der Waals surface area contributed by atoms with E-state index in [-0.39, 0.29) is 26.2 Å². The van der Waals surface area contributed by atoms with Crippen molar-refractivity contribution < 1.29 is 54.7 Å². The molecule has 0 fully saturated rings. The minimum atomic E-state index is -3.83. The average molecular weight is 508 g/mol. The van der Waals surface area contributed by atoms with Crippen molar-refractivity contribution in [2.24, 2.45) is 0 Å². The summed E-state index contributed by atoms with van der Waals surface area (Å²) < 4.78 is 33.8. The second-order valence-electron chi connectivity index (χ2n) is 4.67. The van der Waals surface area contributed by atoms with Crippen molar-refractivity contribution in [2.45, 2.75) is 63.0 Å². The molecule has 3 N–H and O–H groups in total. The Balaban J connectivity index is -0.0000000675. The van der Waals surface area contributed by atoms with Crippen LogP contribution in [0.2, 0.25) is 11.5 Å². The van der Waals surface area contributed by atoms with Crippen LogP contribution in [0.5, 0.6) is 0 Å². The van der Waals surface area contributed by atoms with Gasteiger partial charge in [-0.25, -0.2) is 12.2 Å². The van der Waals surface area contributed by atoms with E-state index in [4.69, 9.17) is 15.3 Å². The predicted molar refractivity (Wildman–Crippen MR) is 97.2 cm³/mol. The summed E-state index contributed by atoms with van der Waals surface area (Å²) in [5.41, 5.74) is 0. The fourth-order valence-corrected chi connectivity index (χ4v) is 0.340. The van der Waals surface area contributed by atoms with E-state index in [0.717, 1.165) is 25.7 Å². The van der Waals surface area contributed by atoms with Gasteiger partial charge in [-0.05, 0) is 19.3 Å². The third-order valence-electron chi connectivity index (χ3n) is 1.82. The average Bonchev–Trinajstić information content (AvgIpc) is 3.14. The Morgan fingerprint density at radius 2 is 1.20 bits per heavy atom. The van der Waals surface area contributed by atoms with E-state index in [0.29, 0.717) is 19.8 Å². The first-order valence-electron chi connectivity index (χ1n) is 8.10. The van der Waals surface area contributed by atoms with E-state index in [9.17, 15) is 13.2 Å². The molecule has 0 spiro atoms. The van der Waals surface area contributed by atoms with Crippen LogP contribution in [-0.4, -0.2) is 54.5 Å². The summed E-state index contributed by atoms with van der Waals surface area (Å²) in [5, 5.41) is 19.8. The second kappa shape index (κ2) is 32.3. The molecule has 0 atom stereocenters. The Hall–Kier alpha value is 0.576. The molecular weight excluding hydrogens is 473 g/mol. The Morgan fingerprint density at radius 1 is 0.920 bits per heavy atom. The van der Waals surface area contributed by atoms with Gasteiger partial charge < -0.3 is 15.3 Å². The zero-order valence-electron chi connectivity index (χ0n) is 16.2. The van der Waals surface area contributed by atoms with Gasteiger partial charge in [-0.15, -0.1) is 6.42 Å². The Morgan fingerprint density at radius 3 is 1.24 bits per heavy atom. The van der Waals surface area contributed by atoms with Crippen molar-refractivity contribution in [2.75, 3.05) is 19.8 Å². The van der Waals surface area contributed by atoms with E-state index in [2.05, 4.69) is 12.2 Å². The van der Waals surface area contributed by atoms with Gasteiger partial charge in [-0.3, -0.25) is 6.08 Å². The summed E-state index contributed by atoms with van der Waals surface area (Å²) in [6.07, 6.45) is 12.6. The Bertz CT molecular complexity index is 237. The van der Waals surface area contributed by atoms with Crippen LogP contribution in [0.15, 0.2) is 18.2 Å². The van der Waals surface area contributed by atoms with Gasteiger partial charge in [-0.2, -0.15) is 6.08 Å². The summed E-state index contributed by atoms with van der Waals surface area (Å²) in [7, 11) is 0. The van der Waals surface area contributed by atoms with Crippen molar-refractivity contribution in [1.82, 2.24) is 0 Å². The number of alkyl halides is 3. The molecule has 151 valence electrons. The van der Waals surface area contributed by atoms with Crippen LogP contribution >= 0.6 is 0 Å². The van der Waals surface area contributed by atoms with Crippen molar-refractivity contribution in [1.29, 1.82) is 0 Å². The predicted octanol–water partition coefficient (Wildman–Crippen LogP) is 4.31. The number of rotatable bonds is 3. The number of hydrogen-bond donors (Lipinski definition) is 3. The first-order valence-corrected chi connectivity index (χ1v) is 13.3. The van der Waals surface area contributed by atoms with Crippen LogP contribution in [0.25, 0.3) is 0 Å². The molecule has 8 heteroatoms. The minimum Gasteiger partial charge on any atom is 0 e. The molecule has 0 aromatic rings. The van der Waals surface area contributed by atoms with Gasteiger partial charge in [0.1, 0.15) is 0 Å². The summed E-state index contributed by atoms with van der Waals surface area (Å²) in [5.74, 6) is 2.58. The maximum atomic E-state index is 11.3. The van der Waals surface area contributed by atoms with Crippen molar-refractivity contribution in [3.63, 3.8) is 0 Å². The molecule has 0 saturated heterocycles. The summed E-state index contributed by atoms with van der Waals surface area (Å²) >= 11 is -2.59. The van der Waals surface area contributed by atoms with Crippen LogP contribution < -0.4 is 0 Å². The molecule has 1 aliphatic rings. The molecule has 1 rings (SSSR count). The smallest absolute Gasteiger partial charge is 0 e. The molecule has 1 aliphatic carbocycles. The number of aliphatic hydroxyl groups excluding tert-OH is 3. The maximum absolute atomic E-state index is 11.3. The van der Waals surface area contributed by atoms with Crippen LogP contribution in [-0.2, 0) is 26.2 Å². The molecule has 0 saturated carbocycles. The zero-order chi connectivity index (χ0) is 19.9. The number of halogens is 3. The molecule has 0 aromatic heterocycles. The summed E-state index contributed by atoms with van der Waals surface area (Å²) in [6.45, 7) is 6.75. The topological polar surface area (TPSA) is 60.7 Å². The molecule has 3 nitrogen and oxygen atoms in total. The van der Waals surface area contributed by atoms with Crippen molar-refractivity contribution in [3.05, 3.63) is 24.3 Å². The van der Waals surface area contributed by atoms with Gasteiger partial charge in [-0.1, -0.05) is 20.8 Å². The van der Waals surface area contributed by atoms with E-state index in [1.807, 2.05) is 32.9 Å². The maximum Gasteiger partial charge on any atom is 0 e. The monoisotopic (exact) mass is 508 g/mol. The first kappa shape index (κ1) is 36.5. The number of hydrogen-bond acceptors (Lipinski definition) is 3. The van der Waals surface area contributed by atoms with Crippen LogP contribution in [0.4, 0.5) is 13.2 Å². The molecule has 0 heterocycles. The van der Waals surface area contributed by atoms with E-state index in [1.165, 1.54) is 11.5 Å². The largest absolute Gasteiger partial charge is 0 e. The van der Waals surface area contributed by atoms with E-state index >= 15 is 0 Å². The summed E-state index contributed by atoms with van der Waals surface area (Å²) in [6, 6.07) is 0. The van der Waals surface area contributed by atoms with E-state index < -0.39 is 19.4 Å². The van der Waals surface area contributed by atoms with Gasteiger partial charge in [0.25, 0.3) is 0 Å². The van der Waals surface area contributed by atoms with E-state index in [1.54, 1.807) is 0 Å². The van der Waals surface area contributed by atoms with Gasteiger partial charge >= 0.3 is 44.0 Å². The quantitative estimate of drug-likeness (QED) is 0.394. The third-order valence-corrected chi connectivity index (χ3v) is 4.20. The normalized spacial score (nSPS) is 10.7. The molecule has 1 radical (unpaired) electrons. The Kier molecular flexibility index (Phi) is 47.1. The summed E-state index contributed by atoms with van der Waals surface area (Å²) in [4.78, 5) is 0. The fraction of sp³-hybridized carbons (Fsp3) is 0.765. The molecular formula is C17H35F3GeO3Zr-.